The SMILES string of the molecule is CC(C)=CC(=O)C[C@@H]1CC(F)(F)CN1C(=O)OC(C)(C)C. The van der Waals surface area contributed by atoms with Crippen LogP contribution in [-0.4, -0.2) is 40.9 Å². The standard InChI is InChI=1S/C15H23F2NO3/c1-10(2)6-12(19)7-11-8-15(16,17)9-18(11)13(20)21-14(3,4)5/h6,11H,7-9H2,1-5H3/t11-/m1/s1. The van der Waals surface area contributed by atoms with Crippen LogP contribution >= 0.6 is 0 Å². The Morgan fingerprint density at radius 2 is 1.90 bits per heavy atom. The number of halogens is 2. The Labute approximate surface area is 124 Å². The monoisotopic (exact) mass is 303 g/mol. The summed E-state index contributed by atoms with van der Waals surface area (Å²) < 4.78 is 32.3. The van der Waals surface area contributed by atoms with Crippen molar-refractivity contribution in [2.75, 3.05) is 6.54 Å². The van der Waals surface area contributed by atoms with E-state index < -0.39 is 36.6 Å². The largest absolute Gasteiger partial charge is 0.444 e. The molecule has 1 aliphatic rings. The second kappa shape index (κ2) is 6.12. The van der Waals surface area contributed by atoms with E-state index in [1.807, 2.05) is 0 Å². The molecule has 0 radical (unpaired) electrons. The fraction of sp³-hybridized carbons (Fsp3) is 0.733. The first-order valence-electron chi connectivity index (χ1n) is 6.95. The van der Waals surface area contributed by atoms with Crippen molar-refractivity contribution in [3.05, 3.63) is 11.6 Å². The van der Waals surface area contributed by atoms with Gasteiger partial charge in [0, 0.05) is 18.9 Å². The van der Waals surface area contributed by atoms with E-state index in [2.05, 4.69) is 0 Å². The van der Waals surface area contributed by atoms with Gasteiger partial charge in [-0.15, -0.1) is 0 Å². The van der Waals surface area contributed by atoms with Crippen LogP contribution in [0.3, 0.4) is 0 Å². The summed E-state index contributed by atoms with van der Waals surface area (Å²) in [7, 11) is 0. The van der Waals surface area contributed by atoms with E-state index in [4.69, 9.17) is 4.74 Å². The number of alkyl halides is 2. The van der Waals surface area contributed by atoms with Gasteiger partial charge in [-0.2, -0.15) is 0 Å². The zero-order chi connectivity index (χ0) is 16.4. The first-order chi connectivity index (χ1) is 9.39. The number of likely N-dealkylation sites (tertiary alicyclic amines) is 1. The summed E-state index contributed by atoms with van der Waals surface area (Å²) in [6.07, 6.45) is -0.00659. The molecule has 0 saturated carbocycles. The molecule has 0 aliphatic carbocycles. The fourth-order valence-electron chi connectivity index (χ4n) is 2.23. The Kier molecular flexibility index (Phi) is 5.12. The van der Waals surface area contributed by atoms with Gasteiger partial charge in [0.15, 0.2) is 5.78 Å². The van der Waals surface area contributed by atoms with Crippen molar-refractivity contribution in [1.82, 2.24) is 4.90 Å². The van der Waals surface area contributed by atoms with Gasteiger partial charge >= 0.3 is 6.09 Å². The van der Waals surface area contributed by atoms with Gasteiger partial charge in [0.05, 0.1) is 6.54 Å². The molecule has 0 N–H and O–H groups in total. The molecule has 0 bridgehead atoms. The second-order valence-corrected chi connectivity index (χ2v) is 6.71. The van der Waals surface area contributed by atoms with Crippen LogP contribution in [0.4, 0.5) is 13.6 Å². The van der Waals surface area contributed by atoms with Crippen LogP contribution in [0, 0.1) is 0 Å². The summed E-state index contributed by atoms with van der Waals surface area (Å²) in [6, 6.07) is -0.821. The summed E-state index contributed by atoms with van der Waals surface area (Å²) in [5.74, 6) is -3.24. The molecule has 1 atom stereocenters. The van der Waals surface area contributed by atoms with Gasteiger partial charge in [0.1, 0.15) is 5.60 Å². The molecular formula is C15H23F2NO3. The van der Waals surface area contributed by atoms with Gasteiger partial charge in [0.2, 0.25) is 0 Å². The highest BCUT2D eigenvalue weighted by atomic mass is 19.3. The highest BCUT2D eigenvalue weighted by Gasteiger charge is 2.48. The van der Waals surface area contributed by atoms with Crippen LogP contribution in [0.5, 0.6) is 0 Å². The van der Waals surface area contributed by atoms with Gasteiger partial charge in [-0.1, -0.05) is 5.57 Å². The fourth-order valence-corrected chi connectivity index (χ4v) is 2.23. The Morgan fingerprint density at radius 3 is 2.38 bits per heavy atom. The number of ketones is 1. The van der Waals surface area contributed by atoms with Gasteiger partial charge in [-0.05, 0) is 40.7 Å². The molecule has 1 saturated heterocycles. The molecule has 1 heterocycles. The number of nitrogens with zero attached hydrogens (tertiary/aromatic N) is 1. The van der Waals surface area contributed by atoms with Crippen LogP contribution < -0.4 is 0 Å². The molecule has 0 spiro atoms. The molecule has 0 aromatic heterocycles. The maximum Gasteiger partial charge on any atom is 0.410 e. The summed E-state index contributed by atoms with van der Waals surface area (Å²) in [6.45, 7) is 7.82. The minimum absolute atomic E-state index is 0.111. The zero-order valence-corrected chi connectivity index (χ0v) is 13.2. The van der Waals surface area contributed by atoms with E-state index in [9.17, 15) is 18.4 Å². The van der Waals surface area contributed by atoms with Crippen molar-refractivity contribution in [3.63, 3.8) is 0 Å². The smallest absolute Gasteiger partial charge is 0.410 e. The third-order valence-corrected chi connectivity index (χ3v) is 2.89. The zero-order valence-electron chi connectivity index (χ0n) is 13.2. The molecular weight excluding hydrogens is 280 g/mol. The number of hydrogen-bond acceptors (Lipinski definition) is 3. The molecule has 1 rings (SSSR count). The van der Waals surface area contributed by atoms with Gasteiger partial charge in [-0.25, -0.2) is 13.6 Å². The molecule has 21 heavy (non-hydrogen) atoms. The molecule has 4 nitrogen and oxygen atoms in total. The van der Waals surface area contributed by atoms with Crippen molar-refractivity contribution in [3.8, 4) is 0 Å². The van der Waals surface area contributed by atoms with E-state index in [0.29, 0.717) is 0 Å². The van der Waals surface area contributed by atoms with E-state index in [0.717, 1.165) is 10.5 Å². The van der Waals surface area contributed by atoms with Crippen molar-refractivity contribution in [1.29, 1.82) is 0 Å². The molecule has 6 heteroatoms. The molecule has 0 aromatic rings. The van der Waals surface area contributed by atoms with E-state index in [1.54, 1.807) is 34.6 Å². The van der Waals surface area contributed by atoms with Crippen LogP contribution in [0.2, 0.25) is 0 Å². The first-order valence-corrected chi connectivity index (χ1v) is 6.95. The van der Waals surface area contributed by atoms with Gasteiger partial charge < -0.3 is 4.74 Å². The Morgan fingerprint density at radius 1 is 1.33 bits per heavy atom. The highest BCUT2D eigenvalue weighted by Crippen LogP contribution is 2.34. The van der Waals surface area contributed by atoms with Crippen molar-refractivity contribution in [2.45, 2.75) is 65.0 Å². The minimum Gasteiger partial charge on any atom is -0.444 e. The van der Waals surface area contributed by atoms with E-state index in [-0.39, 0.29) is 12.2 Å². The van der Waals surface area contributed by atoms with Crippen LogP contribution in [0.1, 0.15) is 47.5 Å². The lowest BCUT2D eigenvalue weighted by atomic mass is 10.1. The van der Waals surface area contributed by atoms with Crippen LogP contribution in [-0.2, 0) is 9.53 Å². The lowest BCUT2D eigenvalue weighted by molar-refractivity contribution is -0.115. The molecule has 1 amide bonds. The normalized spacial score (nSPS) is 21.1. The van der Waals surface area contributed by atoms with Crippen LogP contribution in [0.15, 0.2) is 11.6 Å². The van der Waals surface area contributed by atoms with Crippen molar-refractivity contribution < 1.29 is 23.1 Å². The highest BCUT2D eigenvalue weighted by molar-refractivity contribution is 5.91. The number of ether oxygens (including phenoxy) is 1. The average Bonchev–Trinajstić information content (AvgIpc) is 2.49. The molecule has 1 fully saturated rings. The summed E-state index contributed by atoms with van der Waals surface area (Å²) in [5.41, 5.74) is 0.0391. The predicted molar refractivity (Wildman–Crippen MR) is 75.3 cm³/mol. The van der Waals surface area contributed by atoms with Crippen molar-refractivity contribution >= 4 is 11.9 Å². The summed E-state index contributed by atoms with van der Waals surface area (Å²) in [5, 5.41) is 0. The maximum atomic E-state index is 13.6. The Hall–Kier alpha value is -1.46. The number of amides is 1. The summed E-state index contributed by atoms with van der Waals surface area (Å²) in [4.78, 5) is 24.8. The first kappa shape index (κ1) is 17.6. The van der Waals surface area contributed by atoms with Crippen molar-refractivity contribution in [2.24, 2.45) is 0 Å². The number of carbonyl (C=O) groups excluding carboxylic acids is 2. The topological polar surface area (TPSA) is 46.6 Å². The molecule has 0 unspecified atom stereocenters. The number of allylic oxidation sites excluding steroid dienone is 2. The quantitative estimate of drug-likeness (QED) is 0.749. The predicted octanol–water partition coefficient (Wildman–Crippen LogP) is 3.56. The number of carbonyl (C=O) groups is 2. The van der Waals surface area contributed by atoms with E-state index in [1.165, 1.54) is 6.08 Å². The Balaban J connectivity index is 2.82. The molecule has 1 aliphatic heterocycles. The maximum absolute atomic E-state index is 13.6. The number of rotatable bonds is 3. The third-order valence-electron chi connectivity index (χ3n) is 2.89. The Bertz CT molecular complexity index is 448. The number of hydrogen-bond donors (Lipinski definition) is 0. The van der Waals surface area contributed by atoms with Gasteiger partial charge in [0.25, 0.3) is 5.92 Å². The van der Waals surface area contributed by atoms with E-state index >= 15 is 0 Å². The van der Waals surface area contributed by atoms with Crippen LogP contribution in [0.25, 0.3) is 0 Å². The average molecular weight is 303 g/mol. The molecule has 0 aromatic carbocycles. The summed E-state index contributed by atoms with van der Waals surface area (Å²) >= 11 is 0. The van der Waals surface area contributed by atoms with Gasteiger partial charge in [-0.3, -0.25) is 9.69 Å². The third kappa shape index (κ3) is 5.81. The molecule has 120 valence electrons. The minimum atomic E-state index is -2.98. The lowest BCUT2D eigenvalue weighted by Gasteiger charge is -2.27. The second-order valence-electron chi connectivity index (χ2n) is 6.71. The lowest BCUT2D eigenvalue weighted by Crippen LogP contribution is -2.41.